The van der Waals surface area contributed by atoms with Gasteiger partial charge in [0.05, 0.1) is 5.69 Å². The number of hydrogen-bond acceptors (Lipinski definition) is 8. The highest BCUT2D eigenvalue weighted by atomic mass is 32.1. The number of aromatic nitrogens is 4. The lowest BCUT2D eigenvalue weighted by molar-refractivity contribution is 0.102. The first-order chi connectivity index (χ1) is 18.9. The van der Waals surface area contributed by atoms with E-state index in [-0.39, 0.29) is 17.5 Å². The van der Waals surface area contributed by atoms with E-state index >= 15 is 0 Å². The lowest BCUT2D eigenvalue weighted by Crippen LogP contribution is -2.23. The second-order valence-corrected chi connectivity index (χ2v) is 9.46. The zero-order valence-corrected chi connectivity index (χ0v) is 21.8. The summed E-state index contributed by atoms with van der Waals surface area (Å²) >= 11 is 1.30. The molecule has 5 aromatic rings. The molecule has 198 valence electrons. The first kappa shape index (κ1) is 26.1. The number of rotatable bonds is 8. The van der Waals surface area contributed by atoms with Crippen molar-refractivity contribution in [2.24, 2.45) is 0 Å². The number of nitrogens with zero attached hydrogens (tertiary/aromatic N) is 4. The van der Waals surface area contributed by atoms with Crippen LogP contribution in [0.5, 0.6) is 0 Å². The minimum absolute atomic E-state index is 0.0143. The Morgan fingerprint density at radius 1 is 1.05 bits per heavy atom. The molecule has 0 saturated carbocycles. The summed E-state index contributed by atoms with van der Waals surface area (Å²) in [5.74, 6) is -2.03. The van der Waals surface area contributed by atoms with Crippen LogP contribution in [-0.2, 0) is 0 Å². The molecule has 0 aliphatic heterocycles. The van der Waals surface area contributed by atoms with Crippen molar-refractivity contribution in [3.8, 4) is 16.9 Å². The van der Waals surface area contributed by atoms with E-state index in [1.54, 1.807) is 36.8 Å². The van der Waals surface area contributed by atoms with Gasteiger partial charge in [-0.25, -0.2) is 18.7 Å². The van der Waals surface area contributed by atoms with Gasteiger partial charge in [0.1, 0.15) is 17.3 Å². The summed E-state index contributed by atoms with van der Waals surface area (Å²) in [4.78, 5) is 39.2. The van der Waals surface area contributed by atoms with E-state index in [4.69, 9.17) is 4.98 Å². The third-order valence-electron chi connectivity index (χ3n) is 5.98. The van der Waals surface area contributed by atoms with Crippen LogP contribution in [-0.4, -0.2) is 45.6 Å². The molecule has 0 atom stereocenters. The Morgan fingerprint density at radius 3 is 2.56 bits per heavy atom. The number of carbonyl (C=O) groups excluding carboxylic acids is 1. The predicted octanol–water partition coefficient (Wildman–Crippen LogP) is 4.37. The van der Waals surface area contributed by atoms with Crippen LogP contribution in [0.15, 0.2) is 64.9 Å². The summed E-state index contributed by atoms with van der Waals surface area (Å²) in [6.45, 7) is 2.89. The van der Waals surface area contributed by atoms with Crippen LogP contribution in [0, 0.1) is 18.6 Å². The fraction of sp³-hybridized carbons (Fsp3) is 0.148. The topological polar surface area (TPSA) is 114 Å². The average Bonchev–Trinajstić information content (AvgIpc) is 3.43. The van der Waals surface area contributed by atoms with Gasteiger partial charge in [-0.2, -0.15) is 4.98 Å². The van der Waals surface area contributed by atoms with Gasteiger partial charge in [-0.1, -0.05) is 12.1 Å². The zero-order chi connectivity index (χ0) is 27.5. The minimum atomic E-state index is -0.911. The molecule has 0 bridgehead atoms. The van der Waals surface area contributed by atoms with Gasteiger partial charge in [0, 0.05) is 47.2 Å². The highest BCUT2D eigenvalue weighted by Crippen LogP contribution is 2.32. The summed E-state index contributed by atoms with van der Waals surface area (Å²) in [6.07, 6.45) is 1.59. The number of para-hydroxylation sites is 1. The summed E-state index contributed by atoms with van der Waals surface area (Å²) < 4.78 is 30.6. The SMILES string of the molecule is CNCCNc1nc(-c2cc(C(=O)Nc3nccs3)ccc2C)c2ccc(=O)n(-c3c(F)cccc3F)c2n1. The molecule has 3 heterocycles. The molecule has 1 amide bonds. The van der Waals surface area contributed by atoms with Gasteiger partial charge in [0.25, 0.3) is 11.5 Å². The Bertz CT molecular complexity index is 1720. The number of benzene rings is 2. The molecule has 2 aromatic carbocycles. The molecule has 0 saturated heterocycles. The van der Waals surface area contributed by atoms with Crippen molar-refractivity contribution in [3.63, 3.8) is 0 Å². The summed E-state index contributed by atoms with van der Waals surface area (Å²) in [5.41, 5.74) is 0.940. The second kappa shape index (κ2) is 11.1. The molecule has 0 radical (unpaired) electrons. The Hall–Kier alpha value is -4.55. The van der Waals surface area contributed by atoms with Gasteiger partial charge in [-0.05, 0) is 49.9 Å². The molecule has 0 spiro atoms. The van der Waals surface area contributed by atoms with E-state index in [2.05, 4.69) is 25.9 Å². The Kier molecular flexibility index (Phi) is 7.39. The molecule has 0 aliphatic rings. The maximum Gasteiger partial charge on any atom is 0.257 e. The quantitative estimate of drug-likeness (QED) is 0.247. The van der Waals surface area contributed by atoms with E-state index in [1.807, 2.05) is 6.92 Å². The number of pyridine rings is 1. The number of halogens is 2. The van der Waals surface area contributed by atoms with Crippen LogP contribution in [0.4, 0.5) is 19.9 Å². The maximum atomic E-state index is 14.9. The minimum Gasteiger partial charge on any atom is -0.353 e. The highest BCUT2D eigenvalue weighted by molar-refractivity contribution is 7.13. The van der Waals surface area contributed by atoms with Gasteiger partial charge >= 0.3 is 0 Å². The van der Waals surface area contributed by atoms with Crippen molar-refractivity contribution in [1.82, 2.24) is 24.8 Å². The second-order valence-electron chi connectivity index (χ2n) is 8.56. The Balaban J connectivity index is 1.74. The number of thiazole rings is 1. The first-order valence-corrected chi connectivity index (χ1v) is 12.8. The average molecular weight is 548 g/mol. The third-order valence-corrected chi connectivity index (χ3v) is 6.67. The molecule has 0 fully saturated rings. The van der Waals surface area contributed by atoms with E-state index in [1.165, 1.54) is 29.5 Å². The summed E-state index contributed by atoms with van der Waals surface area (Å²) in [7, 11) is 1.79. The molecular weight excluding hydrogens is 524 g/mol. The number of fused-ring (bicyclic) bond motifs is 1. The van der Waals surface area contributed by atoms with Crippen molar-refractivity contribution in [1.29, 1.82) is 0 Å². The van der Waals surface area contributed by atoms with Crippen LogP contribution in [0.1, 0.15) is 15.9 Å². The van der Waals surface area contributed by atoms with Crippen molar-refractivity contribution in [2.45, 2.75) is 6.92 Å². The monoisotopic (exact) mass is 547 g/mol. The van der Waals surface area contributed by atoms with Gasteiger partial charge in [-0.15, -0.1) is 11.3 Å². The molecule has 3 aromatic heterocycles. The van der Waals surface area contributed by atoms with Gasteiger partial charge in [0.2, 0.25) is 5.95 Å². The molecule has 3 N–H and O–H groups in total. The molecule has 0 aliphatic carbocycles. The van der Waals surface area contributed by atoms with Crippen molar-refractivity contribution < 1.29 is 13.6 Å². The van der Waals surface area contributed by atoms with Crippen LogP contribution in [0.3, 0.4) is 0 Å². The molecule has 39 heavy (non-hydrogen) atoms. The highest BCUT2D eigenvalue weighted by Gasteiger charge is 2.21. The largest absolute Gasteiger partial charge is 0.353 e. The molecule has 0 unspecified atom stereocenters. The molecule has 12 heteroatoms. The van der Waals surface area contributed by atoms with Crippen molar-refractivity contribution >= 4 is 39.4 Å². The zero-order valence-electron chi connectivity index (χ0n) is 21.0. The van der Waals surface area contributed by atoms with Gasteiger partial charge in [0.15, 0.2) is 10.8 Å². The van der Waals surface area contributed by atoms with Gasteiger partial charge in [-0.3, -0.25) is 19.5 Å². The lowest BCUT2D eigenvalue weighted by Gasteiger charge is -2.16. The lowest BCUT2D eigenvalue weighted by atomic mass is 9.99. The Morgan fingerprint density at radius 2 is 1.85 bits per heavy atom. The fourth-order valence-electron chi connectivity index (χ4n) is 4.09. The third kappa shape index (κ3) is 5.24. The van der Waals surface area contributed by atoms with E-state index < -0.39 is 22.9 Å². The molecule has 5 rings (SSSR count). The van der Waals surface area contributed by atoms with Gasteiger partial charge < -0.3 is 10.6 Å². The number of hydrogen-bond donors (Lipinski definition) is 3. The Labute approximate surface area is 225 Å². The molecular formula is C27H23F2N7O2S. The maximum absolute atomic E-state index is 14.9. The van der Waals surface area contributed by atoms with E-state index in [9.17, 15) is 18.4 Å². The van der Waals surface area contributed by atoms with E-state index in [0.29, 0.717) is 40.4 Å². The summed E-state index contributed by atoms with van der Waals surface area (Å²) in [5, 5.41) is 11.4. The van der Waals surface area contributed by atoms with Crippen molar-refractivity contribution in [3.05, 3.63) is 93.2 Å². The van der Waals surface area contributed by atoms with Crippen LogP contribution in [0.2, 0.25) is 0 Å². The number of anilines is 2. The van der Waals surface area contributed by atoms with Crippen LogP contribution in [0.25, 0.3) is 28.0 Å². The number of likely N-dealkylation sites (N-methyl/N-ethyl adjacent to an activating group) is 1. The normalized spacial score (nSPS) is 11.1. The number of carbonyl (C=O) groups is 1. The van der Waals surface area contributed by atoms with Crippen molar-refractivity contribution in [2.75, 3.05) is 30.8 Å². The number of aryl methyl sites for hydroxylation is 1. The standard InChI is InChI=1S/C27H23F2N7O2S/c1-15-6-7-16(25(38)35-27-32-12-13-39-27)14-18(15)22-17-8-9-21(37)36(23-19(28)4-3-5-20(23)29)24(17)34-26(33-22)31-11-10-30-2/h3-9,12-14,30H,10-11H2,1-2H3,(H,31,33,34)(H,32,35,38). The van der Waals surface area contributed by atoms with Crippen LogP contribution < -0.4 is 21.5 Å². The predicted molar refractivity (Wildman–Crippen MR) is 148 cm³/mol. The fourth-order valence-corrected chi connectivity index (χ4v) is 4.61. The number of amides is 1. The summed E-state index contributed by atoms with van der Waals surface area (Å²) in [6, 6.07) is 11.2. The van der Waals surface area contributed by atoms with E-state index in [0.717, 1.165) is 22.3 Å². The smallest absolute Gasteiger partial charge is 0.257 e. The van der Waals surface area contributed by atoms with Crippen LogP contribution >= 0.6 is 11.3 Å². The first-order valence-electron chi connectivity index (χ1n) is 12.0. The molecule has 9 nitrogen and oxygen atoms in total. The number of nitrogens with one attached hydrogen (secondary N) is 3.